The Hall–Kier alpha value is -6.04. The standard InChI is InChI=1S/C42H28Cl4N6O4/c1-21-11-29(47-41(55)34-13-23-7-3-5-9-32(23)37(39(34)53)51-49-30-17-25(43)15-26(44)18-30)12-22(2)36(21)48-42(56)35-14-24-8-4-6-10-33(24)38(40(35)54)52-50-31-19-27(45)16-28(46)20-31/h3-20,53-54H,1-2H3,(H,47,55)(H,48,56). The smallest absolute Gasteiger partial charge is 0.259 e. The first-order valence-electron chi connectivity index (χ1n) is 16.8. The lowest BCUT2D eigenvalue weighted by atomic mass is 10.0. The minimum absolute atomic E-state index is 0.0313. The van der Waals surface area contributed by atoms with Crippen LogP contribution in [-0.2, 0) is 0 Å². The van der Waals surface area contributed by atoms with E-state index in [1.807, 2.05) is 0 Å². The van der Waals surface area contributed by atoms with Crippen molar-refractivity contribution in [2.24, 2.45) is 20.5 Å². The molecule has 14 heteroatoms. The van der Waals surface area contributed by atoms with E-state index >= 15 is 0 Å². The Morgan fingerprint density at radius 1 is 0.518 bits per heavy atom. The van der Waals surface area contributed by atoms with Gasteiger partial charge in [0.25, 0.3) is 11.8 Å². The number of rotatable bonds is 8. The zero-order valence-corrected chi connectivity index (χ0v) is 32.4. The number of nitrogens with one attached hydrogen (secondary N) is 2. The SMILES string of the molecule is Cc1cc(NC(=O)c2cc3ccccc3c(N=Nc3cc(Cl)cc(Cl)c3)c2O)cc(C)c1NC(=O)c1cc2ccccc2c(N=Nc2cc(Cl)cc(Cl)c2)c1O. The molecule has 56 heavy (non-hydrogen) atoms. The number of azo groups is 2. The summed E-state index contributed by atoms with van der Waals surface area (Å²) >= 11 is 24.5. The molecule has 0 atom stereocenters. The van der Waals surface area contributed by atoms with E-state index in [0.29, 0.717) is 75.5 Å². The summed E-state index contributed by atoms with van der Waals surface area (Å²) in [6.07, 6.45) is 0. The topological polar surface area (TPSA) is 148 Å². The maximum absolute atomic E-state index is 13.8. The number of halogens is 4. The molecular weight excluding hydrogens is 794 g/mol. The van der Waals surface area contributed by atoms with Gasteiger partial charge in [0.05, 0.1) is 22.5 Å². The summed E-state index contributed by atoms with van der Waals surface area (Å²) < 4.78 is 0. The Morgan fingerprint density at radius 3 is 1.34 bits per heavy atom. The lowest BCUT2D eigenvalue weighted by Crippen LogP contribution is -2.16. The lowest BCUT2D eigenvalue weighted by molar-refractivity contribution is 0.101. The van der Waals surface area contributed by atoms with Crippen molar-refractivity contribution in [3.63, 3.8) is 0 Å². The normalized spacial score (nSPS) is 11.5. The molecule has 0 spiro atoms. The molecule has 2 amide bonds. The number of phenolic OH excluding ortho intramolecular Hbond substituents is 2. The van der Waals surface area contributed by atoms with Crippen molar-refractivity contribution in [3.05, 3.63) is 152 Å². The Kier molecular flexibility index (Phi) is 10.9. The molecule has 0 unspecified atom stereocenters. The van der Waals surface area contributed by atoms with E-state index in [1.54, 1.807) is 123 Å². The summed E-state index contributed by atoms with van der Waals surface area (Å²) in [7, 11) is 0. The first kappa shape index (κ1) is 38.2. The third kappa shape index (κ3) is 8.14. The van der Waals surface area contributed by atoms with Crippen LogP contribution in [0.3, 0.4) is 0 Å². The van der Waals surface area contributed by atoms with Gasteiger partial charge in [-0.2, -0.15) is 10.2 Å². The maximum atomic E-state index is 13.8. The van der Waals surface area contributed by atoms with Crippen molar-refractivity contribution in [3.8, 4) is 11.5 Å². The number of hydrogen-bond donors (Lipinski definition) is 4. The molecule has 0 saturated carbocycles. The highest BCUT2D eigenvalue weighted by molar-refractivity contribution is 6.35. The molecular formula is C42H28Cl4N6O4. The van der Waals surface area contributed by atoms with Gasteiger partial charge in [0, 0.05) is 42.2 Å². The van der Waals surface area contributed by atoms with Crippen LogP contribution in [-0.4, -0.2) is 22.0 Å². The Balaban J connectivity index is 1.16. The van der Waals surface area contributed by atoms with Crippen LogP contribution in [0.15, 0.2) is 130 Å². The van der Waals surface area contributed by atoms with Crippen LogP contribution in [0.2, 0.25) is 20.1 Å². The molecule has 0 aromatic heterocycles. The van der Waals surface area contributed by atoms with Gasteiger partial charge in [0.15, 0.2) is 11.5 Å². The summed E-state index contributed by atoms with van der Waals surface area (Å²) in [5.74, 6) is -1.95. The summed E-state index contributed by atoms with van der Waals surface area (Å²) in [6, 6.07) is 30.2. The molecule has 0 aliphatic heterocycles. The summed E-state index contributed by atoms with van der Waals surface area (Å²) in [6.45, 7) is 3.53. The van der Waals surface area contributed by atoms with Crippen LogP contribution in [0, 0.1) is 13.8 Å². The third-order valence-corrected chi connectivity index (χ3v) is 9.61. The lowest BCUT2D eigenvalue weighted by Gasteiger charge is -2.16. The molecule has 10 nitrogen and oxygen atoms in total. The van der Waals surface area contributed by atoms with E-state index in [9.17, 15) is 19.8 Å². The summed E-state index contributed by atoms with van der Waals surface area (Å²) in [4.78, 5) is 27.5. The number of phenols is 2. The number of amides is 2. The van der Waals surface area contributed by atoms with Gasteiger partial charge in [-0.1, -0.05) is 94.9 Å². The number of carbonyl (C=O) groups excluding carboxylic acids is 2. The minimum atomic E-state index is -0.603. The Morgan fingerprint density at radius 2 is 0.911 bits per heavy atom. The number of hydrogen-bond acceptors (Lipinski definition) is 8. The molecule has 4 N–H and O–H groups in total. The quantitative estimate of drug-likeness (QED) is 0.113. The molecule has 278 valence electrons. The Labute approximate surface area is 340 Å². The van der Waals surface area contributed by atoms with E-state index < -0.39 is 11.8 Å². The van der Waals surface area contributed by atoms with Gasteiger partial charge >= 0.3 is 0 Å². The van der Waals surface area contributed by atoms with Crippen LogP contribution in [0.4, 0.5) is 34.1 Å². The van der Waals surface area contributed by atoms with Crippen LogP contribution < -0.4 is 10.6 Å². The molecule has 0 aliphatic rings. The molecule has 0 aliphatic carbocycles. The summed E-state index contributed by atoms with van der Waals surface area (Å²) in [5, 5.41) is 49.4. The first-order valence-corrected chi connectivity index (χ1v) is 18.3. The van der Waals surface area contributed by atoms with Crippen molar-refractivity contribution in [1.29, 1.82) is 0 Å². The second-order valence-corrected chi connectivity index (χ2v) is 14.5. The highest BCUT2D eigenvalue weighted by atomic mass is 35.5. The Bertz CT molecular complexity index is 2750. The van der Waals surface area contributed by atoms with Crippen molar-refractivity contribution in [1.82, 2.24) is 0 Å². The first-order chi connectivity index (χ1) is 26.8. The van der Waals surface area contributed by atoms with E-state index in [-0.39, 0.29) is 34.0 Å². The number of carbonyl (C=O) groups is 2. The molecule has 0 heterocycles. The number of anilines is 2. The maximum Gasteiger partial charge on any atom is 0.259 e. The molecule has 7 aromatic carbocycles. The monoisotopic (exact) mass is 820 g/mol. The van der Waals surface area contributed by atoms with Gasteiger partial charge in [-0.05, 0) is 96.4 Å². The number of nitrogens with zero attached hydrogens (tertiary/aromatic N) is 4. The van der Waals surface area contributed by atoms with Crippen LogP contribution in [0.5, 0.6) is 11.5 Å². The predicted molar refractivity (Wildman–Crippen MR) is 224 cm³/mol. The highest BCUT2D eigenvalue weighted by Gasteiger charge is 2.22. The number of aromatic hydroxyl groups is 2. The number of aryl methyl sites for hydroxylation is 2. The molecule has 0 radical (unpaired) electrons. The average Bonchev–Trinajstić information content (AvgIpc) is 3.14. The zero-order chi connectivity index (χ0) is 39.7. The van der Waals surface area contributed by atoms with Gasteiger partial charge in [-0.3, -0.25) is 9.59 Å². The predicted octanol–water partition coefficient (Wildman–Crippen LogP) is 14.0. The van der Waals surface area contributed by atoms with E-state index in [2.05, 4.69) is 31.1 Å². The van der Waals surface area contributed by atoms with Crippen LogP contribution in [0.25, 0.3) is 21.5 Å². The molecule has 0 saturated heterocycles. The van der Waals surface area contributed by atoms with E-state index in [4.69, 9.17) is 46.4 Å². The van der Waals surface area contributed by atoms with E-state index in [0.717, 1.165) is 0 Å². The van der Waals surface area contributed by atoms with Gasteiger partial charge in [0.1, 0.15) is 11.4 Å². The van der Waals surface area contributed by atoms with Crippen molar-refractivity contribution >= 4 is 114 Å². The second-order valence-electron chi connectivity index (χ2n) is 12.7. The largest absolute Gasteiger partial charge is 0.505 e. The second kappa shape index (κ2) is 16.0. The number of fused-ring (bicyclic) bond motifs is 2. The van der Waals surface area contributed by atoms with Crippen molar-refractivity contribution in [2.75, 3.05) is 10.6 Å². The van der Waals surface area contributed by atoms with Gasteiger partial charge in [-0.15, -0.1) is 10.2 Å². The molecule has 0 fully saturated rings. The van der Waals surface area contributed by atoms with Crippen molar-refractivity contribution in [2.45, 2.75) is 13.8 Å². The van der Waals surface area contributed by atoms with E-state index in [1.165, 1.54) is 0 Å². The fourth-order valence-electron chi connectivity index (χ4n) is 6.21. The third-order valence-electron chi connectivity index (χ3n) is 8.73. The van der Waals surface area contributed by atoms with Gasteiger partial charge in [0.2, 0.25) is 0 Å². The minimum Gasteiger partial charge on any atom is -0.505 e. The van der Waals surface area contributed by atoms with Crippen LogP contribution >= 0.6 is 46.4 Å². The fraction of sp³-hybridized carbons (Fsp3) is 0.0476. The summed E-state index contributed by atoms with van der Waals surface area (Å²) in [5.41, 5.74) is 2.94. The van der Waals surface area contributed by atoms with Gasteiger partial charge in [-0.25, -0.2) is 0 Å². The zero-order valence-electron chi connectivity index (χ0n) is 29.4. The molecule has 7 rings (SSSR count). The fourth-order valence-corrected chi connectivity index (χ4v) is 7.23. The average molecular weight is 823 g/mol. The molecule has 7 aromatic rings. The molecule has 0 bridgehead atoms. The van der Waals surface area contributed by atoms with Crippen LogP contribution in [0.1, 0.15) is 31.8 Å². The number of benzene rings is 7. The van der Waals surface area contributed by atoms with Gasteiger partial charge < -0.3 is 20.8 Å². The highest BCUT2D eigenvalue weighted by Crippen LogP contribution is 2.42. The van der Waals surface area contributed by atoms with Crippen molar-refractivity contribution < 1.29 is 19.8 Å².